The molecule has 0 spiro atoms. The minimum absolute atomic E-state index is 0.00475. The summed E-state index contributed by atoms with van der Waals surface area (Å²) in [5.74, 6) is -5.26. The lowest BCUT2D eigenvalue weighted by Crippen LogP contribution is -2.61. The van der Waals surface area contributed by atoms with Crippen LogP contribution in [0.1, 0.15) is 39.5 Å². The molecule has 24 heavy (non-hydrogen) atoms. The van der Waals surface area contributed by atoms with Crippen molar-refractivity contribution in [2.75, 3.05) is 32.8 Å². The van der Waals surface area contributed by atoms with E-state index in [0.29, 0.717) is 19.0 Å². The standard InChI is InChI=1S/C16H26F2N2O4/c1-3-24-13(21)16(17,18)15(23)6-9-19(10-7-15)14(22)20-8-4-5-12(2)11-20/h12,23H,3-11H2,1-2H3. The molecule has 6 nitrogen and oxygen atoms in total. The highest BCUT2D eigenvalue weighted by molar-refractivity contribution is 5.79. The van der Waals surface area contributed by atoms with Crippen molar-refractivity contribution >= 4 is 12.0 Å². The first kappa shape index (κ1) is 18.9. The molecule has 0 aliphatic carbocycles. The number of amides is 2. The van der Waals surface area contributed by atoms with Crippen molar-refractivity contribution in [2.24, 2.45) is 5.92 Å². The Balaban J connectivity index is 1.97. The molecule has 8 heteroatoms. The van der Waals surface area contributed by atoms with E-state index >= 15 is 0 Å². The highest BCUT2D eigenvalue weighted by Gasteiger charge is 2.60. The summed E-state index contributed by atoms with van der Waals surface area (Å²) in [6.07, 6.45) is 1.31. The molecule has 0 aromatic carbocycles. The maximum Gasteiger partial charge on any atom is 0.380 e. The molecule has 1 N–H and O–H groups in total. The van der Waals surface area contributed by atoms with Gasteiger partial charge in [0, 0.05) is 39.0 Å². The van der Waals surface area contributed by atoms with Gasteiger partial charge < -0.3 is 19.6 Å². The Bertz CT molecular complexity index is 479. The second kappa shape index (κ2) is 7.21. The van der Waals surface area contributed by atoms with Gasteiger partial charge in [0.2, 0.25) is 0 Å². The maximum atomic E-state index is 14.2. The summed E-state index contributed by atoms with van der Waals surface area (Å²) in [5.41, 5.74) is -2.47. The number of halogens is 2. The SMILES string of the molecule is CCOC(=O)C(F)(F)C1(O)CCN(C(=O)N2CCCC(C)C2)CC1. The number of rotatable bonds is 3. The van der Waals surface area contributed by atoms with Gasteiger partial charge in [0.05, 0.1) is 6.61 Å². The number of urea groups is 1. The molecule has 0 aromatic rings. The van der Waals surface area contributed by atoms with E-state index in [9.17, 15) is 23.5 Å². The summed E-state index contributed by atoms with van der Waals surface area (Å²) in [6, 6.07) is -0.178. The zero-order chi connectivity index (χ0) is 18.0. The van der Waals surface area contributed by atoms with E-state index in [2.05, 4.69) is 11.7 Å². The summed E-state index contributed by atoms with van der Waals surface area (Å²) in [5, 5.41) is 10.2. The van der Waals surface area contributed by atoms with Gasteiger partial charge in [-0.3, -0.25) is 0 Å². The predicted molar refractivity (Wildman–Crippen MR) is 82.7 cm³/mol. The van der Waals surface area contributed by atoms with Gasteiger partial charge in [-0.15, -0.1) is 0 Å². The highest BCUT2D eigenvalue weighted by atomic mass is 19.3. The van der Waals surface area contributed by atoms with Crippen molar-refractivity contribution in [1.82, 2.24) is 9.80 Å². The van der Waals surface area contributed by atoms with Crippen LogP contribution in [0.3, 0.4) is 0 Å². The number of alkyl halides is 2. The normalized spacial score (nSPS) is 24.6. The summed E-state index contributed by atoms with van der Waals surface area (Å²) in [6.45, 7) is 4.65. The van der Waals surface area contributed by atoms with Crippen LogP contribution in [0.5, 0.6) is 0 Å². The number of piperidine rings is 2. The molecule has 0 radical (unpaired) electrons. The van der Waals surface area contributed by atoms with E-state index < -0.39 is 17.5 Å². The van der Waals surface area contributed by atoms with Crippen molar-refractivity contribution < 1.29 is 28.2 Å². The van der Waals surface area contributed by atoms with Crippen LogP contribution in [-0.2, 0) is 9.53 Å². The van der Waals surface area contributed by atoms with Crippen molar-refractivity contribution in [2.45, 2.75) is 51.1 Å². The van der Waals surface area contributed by atoms with Crippen LogP contribution in [0.4, 0.5) is 13.6 Å². The fourth-order valence-electron chi connectivity index (χ4n) is 3.36. The van der Waals surface area contributed by atoms with Crippen LogP contribution < -0.4 is 0 Å². The molecule has 2 aliphatic rings. The van der Waals surface area contributed by atoms with Gasteiger partial charge in [-0.1, -0.05) is 6.92 Å². The number of carbonyl (C=O) groups excluding carboxylic acids is 2. The van der Waals surface area contributed by atoms with Gasteiger partial charge in [-0.05, 0) is 25.7 Å². The molecule has 2 amide bonds. The lowest BCUT2D eigenvalue weighted by Gasteiger charge is -2.43. The molecular formula is C16H26F2N2O4. The Morgan fingerprint density at radius 3 is 2.42 bits per heavy atom. The van der Waals surface area contributed by atoms with Crippen molar-refractivity contribution in [3.63, 3.8) is 0 Å². The average Bonchev–Trinajstić information content (AvgIpc) is 2.55. The van der Waals surface area contributed by atoms with Gasteiger partial charge in [-0.25, -0.2) is 9.59 Å². The second-order valence-corrected chi connectivity index (χ2v) is 6.79. The Hall–Kier alpha value is -1.44. The monoisotopic (exact) mass is 348 g/mol. The van der Waals surface area contributed by atoms with E-state index in [-0.39, 0.29) is 38.6 Å². The number of aliphatic hydroxyl groups is 1. The van der Waals surface area contributed by atoms with Crippen LogP contribution in [-0.4, -0.2) is 71.2 Å². The zero-order valence-electron chi connectivity index (χ0n) is 14.3. The summed E-state index contributed by atoms with van der Waals surface area (Å²) >= 11 is 0. The minimum atomic E-state index is -3.97. The number of ether oxygens (including phenoxy) is 1. The van der Waals surface area contributed by atoms with Gasteiger partial charge in [-0.2, -0.15) is 8.78 Å². The fraction of sp³-hybridized carbons (Fsp3) is 0.875. The Morgan fingerprint density at radius 2 is 1.88 bits per heavy atom. The molecule has 1 atom stereocenters. The van der Waals surface area contributed by atoms with Crippen LogP contribution in [0.25, 0.3) is 0 Å². The predicted octanol–water partition coefficient (Wildman–Crippen LogP) is 1.86. The number of hydrogen-bond acceptors (Lipinski definition) is 4. The van der Waals surface area contributed by atoms with E-state index in [0.717, 1.165) is 12.8 Å². The first-order valence-electron chi connectivity index (χ1n) is 8.52. The summed E-state index contributed by atoms with van der Waals surface area (Å²) in [7, 11) is 0. The van der Waals surface area contributed by atoms with E-state index in [1.165, 1.54) is 11.8 Å². The third-order valence-electron chi connectivity index (χ3n) is 4.90. The fourth-order valence-corrected chi connectivity index (χ4v) is 3.36. The molecule has 138 valence electrons. The van der Waals surface area contributed by atoms with Crippen LogP contribution in [0.15, 0.2) is 0 Å². The summed E-state index contributed by atoms with van der Waals surface area (Å²) < 4.78 is 32.7. The molecule has 0 bridgehead atoms. The van der Waals surface area contributed by atoms with Crippen LogP contribution >= 0.6 is 0 Å². The minimum Gasteiger partial charge on any atom is -0.461 e. The largest absolute Gasteiger partial charge is 0.461 e. The van der Waals surface area contributed by atoms with Gasteiger partial charge in [0.25, 0.3) is 0 Å². The third-order valence-corrected chi connectivity index (χ3v) is 4.90. The van der Waals surface area contributed by atoms with Crippen molar-refractivity contribution in [3.05, 3.63) is 0 Å². The first-order chi connectivity index (χ1) is 11.2. The molecule has 1 unspecified atom stereocenters. The first-order valence-corrected chi connectivity index (χ1v) is 8.52. The number of hydrogen-bond donors (Lipinski definition) is 1. The second-order valence-electron chi connectivity index (χ2n) is 6.79. The topological polar surface area (TPSA) is 70.1 Å². The Morgan fingerprint density at radius 1 is 1.25 bits per heavy atom. The molecule has 2 heterocycles. The molecule has 0 aromatic heterocycles. The van der Waals surface area contributed by atoms with E-state index in [4.69, 9.17) is 0 Å². The van der Waals surface area contributed by atoms with E-state index in [1.54, 1.807) is 4.90 Å². The number of likely N-dealkylation sites (tertiary alicyclic amines) is 2. The molecule has 2 saturated heterocycles. The Labute approximate surface area is 140 Å². The summed E-state index contributed by atoms with van der Waals surface area (Å²) in [4.78, 5) is 27.2. The van der Waals surface area contributed by atoms with Crippen LogP contribution in [0, 0.1) is 5.92 Å². The molecule has 2 rings (SSSR count). The molecule has 2 aliphatic heterocycles. The zero-order valence-corrected chi connectivity index (χ0v) is 14.3. The molecular weight excluding hydrogens is 322 g/mol. The van der Waals surface area contributed by atoms with Crippen molar-refractivity contribution in [3.8, 4) is 0 Å². The van der Waals surface area contributed by atoms with Crippen molar-refractivity contribution in [1.29, 1.82) is 0 Å². The number of esters is 1. The smallest absolute Gasteiger partial charge is 0.380 e. The van der Waals surface area contributed by atoms with Gasteiger partial charge in [0.1, 0.15) is 5.60 Å². The third kappa shape index (κ3) is 3.63. The maximum absolute atomic E-state index is 14.2. The quantitative estimate of drug-likeness (QED) is 0.791. The molecule has 0 saturated carbocycles. The highest BCUT2D eigenvalue weighted by Crippen LogP contribution is 2.38. The van der Waals surface area contributed by atoms with Gasteiger partial charge in [0.15, 0.2) is 0 Å². The number of nitrogens with zero attached hydrogens (tertiary/aromatic N) is 2. The Kier molecular flexibility index (Phi) is 5.67. The number of carbonyl (C=O) groups is 2. The molecule has 2 fully saturated rings. The average molecular weight is 348 g/mol. The van der Waals surface area contributed by atoms with Gasteiger partial charge >= 0.3 is 17.9 Å². The van der Waals surface area contributed by atoms with E-state index in [1.807, 2.05) is 0 Å². The lowest BCUT2D eigenvalue weighted by molar-refractivity contribution is -0.221. The lowest BCUT2D eigenvalue weighted by atomic mass is 9.85. The van der Waals surface area contributed by atoms with Crippen LogP contribution in [0.2, 0.25) is 0 Å².